The van der Waals surface area contributed by atoms with Crippen LogP contribution in [0.3, 0.4) is 0 Å². The molecule has 6 nitrogen and oxygen atoms in total. The number of aryl methyl sites for hydroxylation is 1. The summed E-state index contributed by atoms with van der Waals surface area (Å²) in [6.45, 7) is 3.87. The van der Waals surface area contributed by atoms with E-state index in [2.05, 4.69) is 10.3 Å². The monoisotopic (exact) mass is 486 g/mol. The summed E-state index contributed by atoms with van der Waals surface area (Å²) in [7, 11) is 0. The van der Waals surface area contributed by atoms with Crippen molar-refractivity contribution in [2.45, 2.75) is 25.9 Å². The molecular weight excluding hydrogens is 463 g/mol. The lowest BCUT2D eigenvalue weighted by atomic mass is 9.96. The quantitative estimate of drug-likeness (QED) is 0.363. The van der Waals surface area contributed by atoms with E-state index in [1.807, 2.05) is 48.7 Å². The van der Waals surface area contributed by atoms with Crippen LogP contribution in [0.25, 0.3) is 5.69 Å². The molecule has 2 aromatic carbocycles. The topological polar surface area (TPSA) is 70.4 Å². The van der Waals surface area contributed by atoms with E-state index >= 15 is 4.39 Å². The maximum absolute atomic E-state index is 15.0. The molecule has 0 saturated carbocycles. The van der Waals surface area contributed by atoms with E-state index in [9.17, 15) is 9.90 Å². The van der Waals surface area contributed by atoms with Crippen molar-refractivity contribution in [2.75, 3.05) is 4.90 Å². The van der Waals surface area contributed by atoms with Gasteiger partial charge in [-0.2, -0.15) is 0 Å². The zero-order chi connectivity index (χ0) is 24.7. The van der Waals surface area contributed by atoms with E-state index in [1.54, 1.807) is 47.5 Å². The van der Waals surface area contributed by atoms with Gasteiger partial charge in [-0.1, -0.05) is 30.3 Å². The van der Waals surface area contributed by atoms with Gasteiger partial charge in [0.25, 0.3) is 0 Å². The molecule has 2 atom stereocenters. The molecule has 176 valence electrons. The van der Waals surface area contributed by atoms with Crippen molar-refractivity contribution in [3.63, 3.8) is 0 Å². The number of para-hydroxylation sites is 2. The number of hydrogen-bond donors (Lipinski definition) is 2. The molecule has 1 aliphatic rings. The highest BCUT2D eigenvalue weighted by Crippen LogP contribution is 2.44. The van der Waals surface area contributed by atoms with Gasteiger partial charge in [0.05, 0.1) is 34.7 Å². The van der Waals surface area contributed by atoms with E-state index in [1.165, 1.54) is 6.07 Å². The minimum Gasteiger partial charge on any atom is -0.478 e. The molecule has 0 unspecified atom stereocenters. The van der Waals surface area contributed by atoms with Gasteiger partial charge in [0.2, 0.25) is 0 Å². The van der Waals surface area contributed by atoms with Gasteiger partial charge < -0.3 is 19.9 Å². The second kappa shape index (κ2) is 8.96. The van der Waals surface area contributed by atoms with Crippen LogP contribution < -0.4 is 10.2 Å². The van der Waals surface area contributed by atoms with Crippen LogP contribution in [0.5, 0.6) is 0 Å². The lowest BCUT2D eigenvalue weighted by molar-refractivity contribution is 0.0697. The molecule has 1 fully saturated rings. The number of nitrogens with one attached hydrogen (secondary N) is 1. The number of aromatic nitrogens is 2. The summed E-state index contributed by atoms with van der Waals surface area (Å²) >= 11 is 5.70. The molecule has 1 saturated heterocycles. The highest BCUT2D eigenvalue weighted by atomic mass is 32.1. The maximum atomic E-state index is 15.0. The number of nitrogens with zero attached hydrogens (tertiary/aromatic N) is 3. The molecule has 1 aliphatic heterocycles. The first kappa shape index (κ1) is 22.7. The molecule has 4 aromatic rings. The molecule has 0 bridgehead atoms. The number of rotatable bonds is 5. The Morgan fingerprint density at radius 1 is 1.03 bits per heavy atom. The lowest BCUT2D eigenvalue weighted by Gasteiger charge is -2.28. The van der Waals surface area contributed by atoms with E-state index in [4.69, 9.17) is 12.2 Å². The van der Waals surface area contributed by atoms with Crippen molar-refractivity contribution in [1.29, 1.82) is 0 Å². The third-order valence-electron chi connectivity index (χ3n) is 6.37. The van der Waals surface area contributed by atoms with Gasteiger partial charge in [0.1, 0.15) is 5.82 Å². The number of hydrogen-bond acceptors (Lipinski definition) is 3. The van der Waals surface area contributed by atoms with Gasteiger partial charge in [-0.15, -0.1) is 0 Å². The average molecular weight is 487 g/mol. The highest BCUT2D eigenvalue weighted by molar-refractivity contribution is 7.80. The number of aromatic carboxylic acids is 1. The number of anilines is 1. The van der Waals surface area contributed by atoms with Crippen molar-refractivity contribution in [1.82, 2.24) is 14.9 Å². The predicted molar refractivity (Wildman–Crippen MR) is 137 cm³/mol. The van der Waals surface area contributed by atoms with Gasteiger partial charge in [-0.3, -0.25) is 4.98 Å². The van der Waals surface area contributed by atoms with Gasteiger partial charge in [-0.25, -0.2) is 9.18 Å². The molecule has 0 amide bonds. The molecular formula is C27H23FN4O2S. The highest BCUT2D eigenvalue weighted by Gasteiger charge is 2.43. The normalized spacial score (nSPS) is 17.5. The van der Waals surface area contributed by atoms with Crippen LogP contribution in [0.4, 0.5) is 10.1 Å². The minimum atomic E-state index is -1.00. The summed E-state index contributed by atoms with van der Waals surface area (Å²) in [6, 6.07) is 20.4. The molecule has 0 aliphatic carbocycles. The number of benzene rings is 2. The number of thiocarbonyl (C=S) groups is 1. The van der Waals surface area contributed by atoms with E-state index in [-0.39, 0.29) is 17.4 Å². The second-order valence-corrected chi connectivity index (χ2v) is 8.82. The fourth-order valence-corrected chi connectivity index (χ4v) is 5.22. The Labute approximate surface area is 207 Å². The van der Waals surface area contributed by atoms with Crippen molar-refractivity contribution >= 4 is 29.0 Å². The number of halogens is 1. The van der Waals surface area contributed by atoms with Crippen molar-refractivity contribution in [2.24, 2.45) is 0 Å². The molecule has 35 heavy (non-hydrogen) atoms. The minimum absolute atomic E-state index is 0.202. The molecule has 3 heterocycles. The molecule has 0 spiro atoms. The van der Waals surface area contributed by atoms with E-state index in [0.717, 1.165) is 22.6 Å². The van der Waals surface area contributed by atoms with Crippen LogP contribution >= 0.6 is 12.2 Å². The number of carbonyl (C=O) groups is 1. The Morgan fingerprint density at radius 3 is 2.40 bits per heavy atom. The third kappa shape index (κ3) is 3.85. The molecule has 0 radical (unpaired) electrons. The molecule has 8 heteroatoms. The van der Waals surface area contributed by atoms with Crippen LogP contribution in [0, 0.1) is 19.7 Å². The summed E-state index contributed by atoms with van der Waals surface area (Å²) < 4.78 is 16.9. The van der Waals surface area contributed by atoms with Crippen LogP contribution in [0.15, 0.2) is 79.0 Å². The van der Waals surface area contributed by atoms with Gasteiger partial charge >= 0.3 is 5.97 Å². The number of carboxylic acids is 1. The Balaban J connectivity index is 1.72. The first-order chi connectivity index (χ1) is 16.9. The summed E-state index contributed by atoms with van der Waals surface area (Å²) in [4.78, 5) is 18.3. The Kier molecular flexibility index (Phi) is 5.82. The van der Waals surface area contributed by atoms with Crippen molar-refractivity contribution < 1.29 is 14.3 Å². The van der Waals surface area contributed by atoms with Crippen LogP contribution in [0.2, 0.25) is 0 Å². The van der Waals surface area contributed by atoms with Crippen molar-refractivity contribution in [3.8, 4) is 5.69 Å². The average Bonchev–Trinajstić information content (AvgIpc) is 3.35. The maximum Gasteiger partial charge on any atom is 0.337 e. The fourth-order valence-electron chi connectivity index (χ4n) is 4.88. The van der Waals surface area contributed by atoms with Crippen LogP contribution in [0.1, 0.15) is 45.1 Å². The lowest BCUT2D eigenvalue weighted by Crippen LogP contribution is -2.30. The first-order valence-electron chi connectivity index (χ1n) is 11.1. The Bertz CT molecular complexity index is 1440. The summed E-state index contributed by atoms with van der Waals surface area (Å²) in [5.41, 5.74) is 4.51. The predicted octanol–water partition coefficient (Wildman–Crippen LogP) is 5.50. The van der Waals surface area contributed by atoms with E-state index in [0.29, 0.717) is 16.5 Å². The Hall–Kier alpha value is -4.04. The van der Waals surface area contributed by atoms with Gasteiger partial charge in [0.15, 0.2) is 5.11 Å². The smallest absolute Gasteiger partial charge is 0.337 e. The van der Waals surface area contributed by atoms with Crippen LogP contribution in [-0.2, 0) is 0 Å². The van der Waals surface area contributed by atoms with Crippen molar-refractivity contribution in [3.05, 3.63) is 113 Å². The third-order valence-corrected chi connectivity index (χ3v) is 6.69. The summed E-state index contributed by atoms with van der Waals surface area (Å²) in [5.74, 6) is -1.38. The zero-order valence-corrected chi connectivity index (χ0v) is 20.0. The standard InChI is InChI=1S/C27H23FN4O2S/c1-16-15-19(17(2)31(16)22-12-5-3-9-18(22)26(33)34)25-24(21-11-7-8-14-29-21)30-27(35)32(25)23-13-6-4-10-20(23)28/h3-15,24-25H,1-2H3,(H,30,35)(H,33,34)/t24-,25-/m0/s1. The van der Waals surface area contributed by atoms with Gasteiger partial charge in [0, 0.05) is 17.6 Å². The van der Waals surface area contributed by atoms with Crippen LogP contribution in [-0.4, -0.2) is 25.7 Å². The summed E-state index contributed by atoms with van der Waals surface area (Å²) in [5, 5.41) is 13.5. The molecule has 2 N–H and O–H groups in total. The fraction of sp³-hybridized carbons (Fsp3) is 0.148. The largest absolute Gasteiger partial charge is 0.478 e. The summed E-state index contributed by atoms with van der Waals surface area (Å²) in [6.07, 6.45) is 1.72. The molecule has 2 aromatic heterocycles. The number of pyridine rings is 1. The second-order valence-electron chi connectivity index (χ2n) is 8.43. The van der Waals surface area contributed by atoms with E-state index < -0.39 is 12.0 Å². The molecule has 5 rings (SSSR count). The number of carboxylic acid groups (broad SMARTS) is 1. The SMILES string of the molecule is Cc1cc([C@H]2[C@H](c3ccccn3)NC(=S)N2c2ccccc2F)c(C)n1-c1ccccc1C(=O)O. The van der Waals surface area contributed by atoms with Gasteiger partial charge in [-0.05, 0) is 74.1 Å². The first-order valence-corrected chi connectivity index (χ1v) is 11.6. The Morgan fingerprint density at radius 2 is 1.71 bits per heavy atom. The zero-order valence-electron chi connectivity index (χ0n) is 19.1.